The van der Waals surface area contributed by atoms with Crippen molar-refractivity contribution < 1.29 is 14.8 Å². The van der Waals surface area contributed by atoms with Crippen LogP contribution in [0, 0.1) is 10.1 Å². The van der Waals surface area contributed by atoms with Gasteiger partial charge in [0.05, 0.1) is 11.0 Å². The summed E-state index contributed by atoms with van der Waals surface area (Å²) in [6.45, 7) is 0. The predicted octanol–water partition coefficient (Wildman–Crippen LogP) is 1.41. The highest BCUT2D eigenvalue weighted by atomic mass is 16.6. The summed E-state index contributed by atoms with van der Waals surface area (Å²) in [5.74, 6) is -0.694. The lowest BCUT2D eigenvalue weighted by Gasteiger charge is -2.26. The maximum atomic E-state index is 11.1. The average Bonchev–Trinajstić information content (AvgIpc) is 2.41. The molecule has 1 aromatic rings. The van der Waals surface area contributed by atoms with E-state index in [0.717, 1.165) is 12.8 Å². The number of nitro benzene ring substituents is 1. The summed E-state index contributed by atoms with van der Waals surface area (Å²) < 4.78 is 0. The van der Waals surface area contributed by atoms with Crippen LogP contribution in [0.5, 0.6) is 0 Å². The van der Waals surface area contributed by atoms with Gasteiger partial charge >= 0.3 is 0 Å². The second kappa shape index (κ2) is 5.87. The summed E-state index contributed by atoms with van der Waals surface area (Å²) in [6.07, 6.45) is 2.61. The van der Waals surface area contributed by atoms with Gasteiger partial charge in [-0.15, -0.1) is 0 Å². The zero-order chi connectivity index (χ0) is 14.7. The molecule has 0 aromatic heterocycles. The minimum Gasteiger partial charge on any atom is -0.393 e. The number of aliphatic hydroxyl groups is 1. The molecule has 0 heterocycles. The smallest absolute Gasteiger partial charge is 0.293 e. The van der Waals surface area contributed by atoms with Crippen LogP contribution in [0.2, 0.25) is 0 Å². The van der Waals surface area contributed by atoms with Crippen LogP contribution in [0.25, 0.3) is 0 Å². The van der Waals surface area contributed by atoms with Gasteiger partial charge in [0.25, 0.3) is 5.69 Å². The van der Waals surface area contributed by atoms with E-state index in [0.29, 0.717) is 18.5 Å². The molecule has 7 heteroatoms. The van der Waals surface area contributed by atoms with E-state index in [1.54, 1.807) is 0 Å². The fourth-order valence-corrected chi connectivity index (χ4v) is 2.40. The Bertz CT molecular complexity index is 524. The lowest BCUT2D eigenvalue weighted by Crippen LogP contribution is -2.28. The second-order valence-corrected chi connectivity index (χ2v) is 5.00. The monoisotopic (exact) mass is 279 g/mol. The van der Waals surface area contributed by atoms with Gasteiger partial charge in [0, 0.05) is 17.7 Å². The van der Waals surface area contributed by atoms with Gasteiger partial charge in [-0.1, -0.05) is 0 Å². The highest BCUT2D eigenvalue weighted by molar-refractivity contribution is 5.94. The van der Waals surface area contributed by atoms with E-state index in [4.69, 9.17) is 5.73 Å². The maximum absolute atomic E-state index is 11.1. The number of hydrogen-bond donors (Lipinski definition) is 3. The van der Waals surface area contributed by atoms with E-state index >= 15 is 0 Å². The maximum Gasteiger partial charge on any atom is 0.293 e. The zero-order valence-corrected chi connectivity index (χ0v) is 10.9. The number of amides is 1. The highest BCUT2D eigenvalue weighted by Crippen LogP contribution is 2.29. The van der Waals surface area contributed by atoms with Crippen molar-refractivity contribution >= 4 is 17.3 Å². The van der Waals surface area contributed by atoms with Crippen LogP contribution < -0.4 is 11.1 Å². The van der Waals surface area contributed by atoms with Crippen molar-refractivity contribution in [3.05, 3.63) is 33.9 Å². The van der Waals surface area contributed by atoms with E-state index < -0.39 is 10.8 Å². The summed E-state index contributed by atoms with van der Waals surface area (Å²) in [4.78, 5) is 21.6. The number of nitrogens with two attached hydrogens (primary N) is 1. The van der Waals surface area contributed by atoms with Crippen molar-refractivity contribution in [3.63, 3.8) is 0 Å². The van der Waals surface area contributed by atoms with Gasteiger partial charge in [-0.3, -0.25) is 14.9 Å². The fraction of sp³-hybridized carbons (Fsp3) is 0.462. The Balaban J connectivity index is 2.18. The predicted molar refractivity (Wildman–Crippen MR) is 73.5 cm³/mol. The molecule has 1 aliphatic rings. The average molecular weight is 279 g/mol. The number of primary amides is 1. The Morgan fingerprint density at radius 2 is 2.00 bits per heavy atom. The van der Waals surface area contributed by atoms with Crippen molar-refractivity contribution in [2.24, 2.45) is 5.73 Å². The minimum absolute atomic E-state index is 0.0940. The number of hydrogen-bond acceptors (Lipinski definition) is 5. The number of benzene rings is 1. The molecule has 0 bridgehead atoms. The Morgan fingerprint density at radius 1 is 1.35 bits per heavy atom. The lowest BCUT2D eigenvalue weighted by atomic mass is 9.93. The number of nitro groups is 1. The van der Waals surface area contributed by atoms with E-state index in [9.17, 15) is 20.0 Å². The molecule has 0 radical (unpaired) electrons. The van der Waals surface area contributed by atoms with Crippen molar-refractivity contribution in [2.75, 3.05) is 5.32 Å². The topological polar surface area (TPSA) is 118 Å². The third kappa shape index (κ3) is 3.24. The molecule has 2 rings (SSSR count). The van der Waals surface area contributed by atoms with Crippen LogP contribution in [0.4, 0.5) is 11.4 Å². The fourth-order valence-electron chi connectivity index (χ4n) is 2.40. The summed E-state index contributed by atoms with van der Waals surface area (Å²) in [5, 5.41) is 23.6. The third-order valence-electron chi connectivity index (χ3n) is 3.54. The molecule has 108 valence electrons. The quantitative estimate of drug-likeness (QED) is 0.568. The third-order valence-corrected chi connectivity index (χ3v) is 3.54. The molecule has 1 fully saturated rings. The van der Waals surface area contributed by atoms with Gasteiger partial charge in [0.2, 0.25) is 5.91 Å². The number of anilines is 1. The molecule has 1 aromatic carbocycles. The van der Waals surface area contributed by atoms with Crippen molar-refractivity contribution in [2.45, 2.75) is 37.8 Å². The van der Waals surface area contributed by atoms with Gasteiger partial charge in [0.15, 0.2) is 0 Å². The van der Waals surface area contributed by atoms with Crippen LogP contribution in [-0.2, 0) is 0 Å². The number of aliphatic hydroxyl groups excluding tert-OH is 1. The molecule has 20 heavy (non-hydrogen) atoms. The summed E-state index contributed by atoms with van der Waals surface area (Å²) in [5.41, 5.74) is 5.45. The number of rotatable bonds is 4. The molecular weight excluding hydrogens is 262 g/mol. The van der Waals surface area contributed by atoms with E-state index in [2.05, 4.69) is 5.32 Å². The summed E-state index contributed by atoms with van der Waals surface area (Å²) in [7, 11) is 0. The van der Waals surface area contributed by atoms with Crippen LogP contribution in [0.1, 0.15) is 36.0 Å². The lowest BCUT2D eigenvalue weighted by molar-refractivity contribution is -0.384. The van der Waals surface area contributed by atoms with E-state index in [1.807, 2.05) is 0 Å². The molecular formula is C13H17N3O4. The Morgan fingerprint density at radius 3 is 2.55 bits per heavy atom. The number of carbonyl (C=O) groups is 1. The molecule has 0 unspecified atom stereocenters. The van der Waals surface area contributed by atoms with Gasteiger partial charge < -0.3 is 16.2 Å². The van der Waals surface area contributed by atoms with Crippen molar-refractivity contribution in [1.82, 2.24) is 0 Å². The zero-order valence-electron chi connectivity index (χ0n) is 10.9. The summed E-state index contributed by atoms with van der Waals surface area (Å²) in [6, 6.07) is 4.25. The molecule has 0 aliphatic heterocycles. The SMILES string of the molecule is NC(=O)c1ccc(NC2CCC(O)CC2)c([N+](=O)[O-])c1. The molecule has 0 atom stereocenters. The molecule has 7 nitrogen and oxygen atoms in total. The van der Waals surface area contributed by atoms with Gasteiger partial charge in [0.1, 0.15) is 5.69 Å². The second-order valence-electron chi connectivity index (χ2n) is 5.00. The van der Waals surface area contributed by atoms with Crippen molar-refractivity contribution in [1.29, 1.82) is 0 Å². The first-order valence-corrected chi connectivity index (χ1v) is 6.50. The molecule has 4 N–H and O–H groups in total. The van der Waals surface area contributed by atoms with Crippen LogP contribution in [0.15, 0.2) is 18.2 Å². The van der Waals surface area contributed by atoms with Crippen molar-refractivity contribution in [3.8, 4) is 0 Å². The van der Waals surface area contributed by atoms with E-state index in [1.165, 1.54) is 18.2 Å². The number of carbonyl (C=O) groups excluding carboxylic acids is 1. The van der Waals surface area contributed by atoms with E-state index in [-0.39, 0.29) is 23.4 Å². The van der Waals surface area contributed by atoms with Crippen LogP contribution >= 0.6 is 0 Å². The molecule has 0 spiro atoms. The van der Waals surface area contributed by atoms with Gasteiger partial charge in [-0.25, -0.2) is 0 Å². The normalized spacial score (nSPS) is 22.2. The standard InChI is InChI=1S/C13H17N3O4/c14-13(18)8-1-6-11(12(7-8)16(19)20)15-9-2-4-10(17)5-3-9/h1,6-7,9-10,15,17H,2-5H2,(H2,14,18). The first-order valence-electron chi connectivity index (χ1n) is 6.50. The van der Waals surface area contributed by atoms with Gasteiger partial charge in [-0.2, -0.15) is 0 Å². The first kappa shape index (κ1) is 14.3. The number of nitrogens with one attached hydrogen (secondary N) is 1. The summed E-state index contributed by atoms with van der Waals surface area (Å²) >= 11 is 0. The Labute approximate surface area is 115 Å². The Hall–Kier alpha value is -2.15. The van der Waals surface area contributed by atoms with Crippen LogP contribution in [0.3, 0.4) is 0 Å². The number of nitrogens with zero attached hydrogens (tertiary/aromatic N) is 1. The molecule has 0 saturated heterocycles. The highest BCUT2D eigenvalue weighted by Gasteiger charge is 2.23. The molecule has 1 aliphatic carbocycles. The first-order chi connectivity index (χ1) is 9.47. The molecule has 1 amide bonds. The largest absolute Gasteiger partial charge is 0.393 e. The molecule has 1 saturated carbocycles. The van der Waals surface area contributed by atoms with Gasteiger partial charge in [-0.05, 0) is 37.8 Å². The minimum atomic E-state index is -0.694. The van der Waals surface area contributed by atoms with Crippen LogP contribution in [-0.4, -0.2) is 28.1 Å². The Kier molecular flexibility index (Phi) is 4.19.